The van der Waals surface area contributed by atoms with Gasteiger partial charge in [0.25, 0.3) is 5.91 Å². The molecular formula is C15H20FNO4. The Morgan fingerprint density at radius 2 is 1.90 bits per heavy atom. The normalized spacial score (nSPS) is 12.6. The SMILES string of the molecule is CC(Oc1ccccc1F)C(=O)N(CC(=O)O)C(C)(C)C. The molecule has 0 aliphatic rings. The zero-order valence-electron chi connectivity index (χ0n) is 12.6. The zero-order chi connectivity index (χ0) is 16.2. The Balaban J connectivity index is 2.88. The fourth-order valence-corrected chi connectivity index (χ4v) is 1.78. The molecule has 6 heteroatoms. The van der Waals surface area contributed by atoms with E-state index in [4.69, 9.17) is 9.84 Å². The van der Waals surface area contributed by atoms with Crippen LogP contribution in [0, 0.1) is 5.82 Å². The Morgan fingerprint density at radius 3 is 2.38 bits per heavy atom. The summed E-state index contributed by atoms with van der Waals surface area (Å²) in [5, 5.41) is 8.92. The van der Waals surface area contributed by atoms with Crippen molar-refractivity contribution >= 4 is 11.9 Å². The number of hydrogen-bond acceptors (Lipinski definition) is 3. The molecule has 0 saturated carbocycles. The highest BCUT2D eigenvalue weighted by molar-refractivity contribution is 5.85. The van der Waals surface area contributed by atoms with Gasteiger partial charge in [-0.3, -0.25) is 9.59 Å². The summed E-state index contributed by atoms with van der Waals surface area (Å²) in [5.74, 6) is -2.23. The first-order valence-corrected chi connectivity index (χ1v) is 6.57. The predicted octanol–water partition coefficient (Wildman–Crippen LogP) is 2.30. The van der Waals surface area contributed by atoms with Crippen LogP contribution in [0.1, 0.15) is 27.7 Å². The van der Waals surface area contributed by atoms with Crippen molar-refractivity contribution < 1.29 is 23.8 Å². The van der Waals surface area contributed by atoms with Crippen LogP contribution >= 0.6 is 0 Å². The van der Waals surface area contributed by atoms with Gasteiger partial charge in [-0.05, 0) is 39.8 Å². The number of carbonyl (C=O) groups excluding carboxylic acids is 1. The van der Waals surface area contributed by atoms with Crippen molar-refractivity contribution in [3.63, 3.8) is 0 Å². The van der Waals surface area contributed by atoms with Crippen molar-refractivity contribution in [2.24, 2.45) is 0 Å². The smallest absolute Gasteiger partial charge is 0.323 e. The van der Waals surface area contributed by atoms with E-state index in [0.717, 1.165) is 0 Å². The fourth-order valence-electron chi connectivity index (χ4n) is 1.78. The Hall–Kier alpha value is -2.11. The Bertz CT molecular complexity index is 525. The van der Waals surface area contributed by atoms with Gasteiger partial charge >= 0.3 is 5.97 Å². The molecule has 0 bridgehead atoms. The summed E-state index contributed by atoms with van der Waals surface area (Å²) in [6.07, 6.45) is -0.986. The topological polar surface area (TPSA) is 66.8 Å². The highest BCUT2D eigenvalue weighted by Crippen LogP contribution is 2.20. The molecule has 0 aromatic heterocycles. The standard InChI is InChI=1S/C15H20FNO4/c1-10(21-12-8-6-5-7-11(12)16)14(20)17(9-13(18)19)15(2,3)4/h5-8,10H,9H2,1-4H3,(H,18,19). The molecule has 0 radical (unpaired) electrons. The van der Waals surface area contributed by atoms with E-state index in [9.17, 15) is 14.0 Å². The third-order valence-electron chi connectivity index (χ3n) is 2.86. The number of hydrogen-bond donors (Lipinski definition) is 1. The highest BCUT2D eigenvalue weighted by Gasteiger charge is 2.32. The number of carboxylic acid groups (broad SMARTS) is 1. The van der Waals surface area contributed by atoms with Crippen LogP contribution in [0.4, 0.5) is 4.39 Å². The molecule has 1 amide bonds. The molecule has 21 heavy (non-hydrogen) atoms. The molecule has 5 nitrogen and oxygen atoms in total. The van der Waals surface area contributed by atoms with Gasteiger partial charge in [0.15, 0.2) is 17.7 Å². The molecule has 1 aromatic carbocycles. The molecule has 1 atom stereocenters. The zero-order valence-corrected chi connectivity index (χ0v) is 12.6. The van der Waals surface area contributed by atoms with Crippen LogP contribution in [-0.4, -0.2) is 40.1 Å². The second-order valence-electron chi connectivity index (χ2n) is 5.68. The number of para-hydroxylation sites is 1. The lowest BCUT2D eigenvalue weighted by molar-refractivity contribution is -0.152. The number of carboxylic acids is 1. The molecule has 0 saturated heterocycles. The Kier molecular flexibility index (Phi) is 5.29. The van der Waals surface area contributed by atoms with E-state index < -0.39 is 35.9 Å². The second kappa shape index (κ2) is 6.56. The summed E-state index contributed by atoms with van der Waals surface area (Å²) in [6, 6.07) is 5.75. The lowest BCUT2D eigenvalue weighted by Gasteiger charge is -2.36. The second-order valence-corrected chi connectivity index (χ2v) is 5.68. The van der Waals surface area contributed by atoms with Gasteiger partial charge < -0.3 is 14.7 Å². The lowest BCUT2D eigenvalue weighted by Crippen LogP contribution is -2.52. The van der Waals surface area contributed by atoms with Crippen LogP contribution in [-0.2, 0) is 9.59 Å². The van der Waals surface area contributed by atoms with Crippen molar-refractivity contribution in [3.05, 3.63) is 30.1 Å². The minimum Gasteiger partial charge on any atom is -0.480 e. The first-order chi connectivity index (χ1) is 9.62. The molecule has 0 heterocycles. The van der Waals surface area contributed by atoms with E-state index in [1.165, 1.54) is 30.0 Å². The van der Waals surface area contributed by atoms with Gasteiger partial charge in [-0.25, -0.2) is 4.39 Å². The van der Waals surface area contributed by atoms with Gasteiger partial charge in [-0.2, -0.15) is 0 Å². The van der Waals surface area contributed by atoms with Gasteiger partial charge in [0.1, 0.15) is 6.54 Å². The number of ether oxygens (including phenoxy) is 1. The van der Waals surface area contributed by atoms with Gasteiger partial charge in [-0.15, -0.1) is 0 Å². The first-order valence-electron chi connectivity index (χ1n) is 6.57. The molecule has 1 N–H and O–H groups in total. The van der Waals surface area contributed by atoms with Crippen LogP contribution in [0.5, 0.6) is 5.75 Å². The van der Waals surface area contributed by atoms with E-state index in [-0.39, 0.29) is 5.75 Å². The van der Waals surface area contributed by atoms with Gasteiger partial charge in [-0.1, -0.05) is 12.1 Å². The summed E-state index contributed by atoms with van der Waals surface area (Å²) in [7, 11) is 0. The number of aliphatic carboxylic acids is 1. The maximum Gasteiger partial charge on any atom is 0.323 e. The maximum absolute atomic E-state index is 13.5. The Morgan fingerprint density at radius 1 is 1.33 bits per heavy atom. The minimum absolute atomic E-state index is 0.0393. The molecule has 1 aromatic rings. The lowest BCUT2D eigenvalue weighted by atomic mass is 10.0. The number of benzene rings is 1. The minimum atomic E-state index is -1.11. The number of carbonyl (C=O) groups is 2. The molecule has 0 aliphatic heterocycles. The van der Waals surface area contributed by atoms with E-state index in [1.807, 2.05) is 0 Å². The van der Waals surface area contributed by atoms with E-state index in [0.29, 0.717) is 0 Å². The predicted molar refractivity (Wildman–Crippen MR) is 75.6 cm³/mol. The van der Waals surface area contributed by atoms with Gasteiger partial charge in [0.2, 0.25) is 0 Å². The van der Waals surface area contributed by atoms with Crippen molar-refractivity contribution in [1.29, 1.82) is 0 Å². The number of amides is 1. The van der Waals surface area contributed by atoms with Crippen LogP contribution in [0.25, 0.3) is 0 Å². The van der Waals surface area contributed by atoms with Crippen molar-refractivity contribution in [2.75, 3.05) is 6.54 Å². The first kappa shape index (κ1) is 16.9. The van der Waals surface area contributed by atoms with Crippen LogP contribution < -0.4 is 4.74 Å². The highest BCUT2D eigenvalue weighted by atomic mass is 19.1. The van der Waals surface area contributed by atoms with Crippen LogP contribution in [0.15, 0.2) is 24.3 Å². The number of rotatable bonds is 5. The van der Waals surface area contributed by atoms with Crippen molar-refractivity contribution in [2.45, 2.75) is 39.3 Å². The molecule has 0 spiro atoms. The molecular weight excluding hydrogens is 277 g/mol. The Labute approximate surface area is 123 Å². The van der Waals surface area contributed by atoms with Crippen molar-refractivity contribution in [1.82, 2.24) is 4.90 Å². The molecule has 0 fully saturated rings. The monoisotopic (exact) mass is 297 g/mol. The molecule has 0 aliphatic carbocycles. The van der Waals surface area contributed by atoms with Crippen LogP contribution in [0.3, 0.4) is 0 Å². The summed E-state index contributed by atoms with van der Waals surface area (Å²) < 4.78 is 18.8. The quantitative estimate of drug-likeness (QED) is 0.905. The summed E-state index contributed by atoms with van der Waals surface area (Å²) in [5.41, 5.74) is -0.678. The van der Waals surface area contributed by atoms with Crippen molar-refractivity contribution in [3.8, 4) is 5.75 Å². The third kappa shape index (κ3) is 4.73. The molecule has 1 unspecified atom stereocenters. The fraction of sp³-hybridized carbons (Fsp3) is 0.467. The van der Waals surface area contributed by atoms with Gasteiger partial charge in [0, 0.05) is 5.54 Å². The van der Waals surface area contributed by atoms with E-state index in [2.05, 4.69) is 0 Å². The average Bonchev–Trinajstić information content (AvgIpc) is 2.36. The maximum atomic E-state index is 13.5. The number of halogens is 1. The average molecular weight is 297 g/mol. The van der Waals surface area contributed by atoms with E-state index >= 15 is 0 Å². The molecule has 1 rings (SSSR count). The van der Waals surface area contributed by atoms with Gasteiger partial charge in [0.05, 0.1) is 0 Å². The largest absolute Gasteiger partial charge is 0.480 e. The summed E-state index contributed by atoms with van der Waals surface area (Å²) in [6.45, 7) is 6.21. The summed E-state index contributed by atoms with van der Waals surface area (Å²) in [4.78, 5) is 24.5. The third-order valence-corrected chi connectivity index (χ3v) is 2.86. The van der Waals surface area contributed by atoms with Crippen LogP contribution in [0.2, 0.25) is 0 Å². The molecule has 116 valence electrons. The summed E-state index contributed by atoms with van der Waals surface area (Å²) >= 11 is 0. The van der Waals surface area contributed by atoms with E-state index in [1.54, 1.807) is 26.8 Å². The number of nitrogens with zero attached hydrogens (tertiary/aromatic N) is 1.